The molecule has 1 unspecified atom stereocenters. The molecule has 1 aliphatic rings. The Morgan fingerprint density at radius 1 is 1.44 bits per heavy atom. The highest BCUT2D eigenvalue weighted by Crippen LogP contribution is 2.26. The molecule has 1 aliphatic heterocycles. The Balaban J connectivity index is 1.66. The standard InChI is InChI=1S/C14H19N3S/c15-14-17-12-6-5-10(8-13(12)18-14)3-4-11-2-1-7-16-9-11/h5-6,8,11,16H,1-4,7,9H2,(H2,15,17). The van der Waals surface area contributed by atoms with Gasteiger partial charge in [0.1, 0.15) is 0 Å². The molecule has 2 heterocycles. The monoisotopic (exact) mass is 261 g/mol. The van der Waals surface area contributed by atoms with Crippen molar-refractivity contribution in [1.29, 1.82) is 0 Å². The molecule has 1 aromatic heterocycles. The van der Waals surface area contributed by atoms with Crippen LogP contribution in [-0.4, -0.2) is 18.1 Å². The van der Waals surface area contributed by atoms with Crippen LogP contribution in [0.15, 0.2) is 18.2 Å². The Bertz CT molecular complexity index is 529. The second-order valence-electron chi connectivity index (χ2n) is 5.11. The van der Waals surface area contributed by atoms with Crippen LogP contribution in [-0.2, 0) is 6.42 Å². The number of nitrogen functional groups attached to an aromatic ring is 1. The molecule has 2 aromatic rings. The molecule has 0 bridgehead atoms. The summed E-state index contributed by atoms with van der Waals surface area (Å²) in [7, 11) is 0. The zero-order valence-electron chi connectivity index (χ0n) is 10.5. The summed E-state index contributed by atoms with van der Waals surface area (Å²) in [4.78, 5) is 4.29. The number of piperidine rings is 1. The third-order valence-electron chi connectivity index (χ3n) is 3.71. The molecule has 0 aliphatic carbocycles. The van der Waals surface area contributed by atoms with E-state index in [4.69, 9.17) is 5.73 Å². The quantitative estimate of drug-likeness (QED) is 0.893. The molecule has 1 saturated heterocycles. The van der Waals surface area contributed by atoms with Gasteiger partial charge in [-0.15, -0.1) is 0 Å². The number of nitrogens with zero attached hydrogens (tertiary/aromatic N) is 1. The van der Waals surface area contributed by atoms with Crippen LogP contribution in [0.1, 0.15) is 24.8 Å². The molecule has 0 saturated carbocycles. The SMILES string of the molecule is Nc1nc2ccc(CCC3CCCNC3)cc2s1. The number of hydrogen-bond acceptors (Lipinski definition) is 4. The van der Waals surface area contributed by atoms with Crippen LogP contribution in [0.2, 0.25) is 0 Å². The van der Waals surface area contributed by atoms with Gasteiger partial charge in [-0.1, -0.05) is 17.4 Å². The Kier molecular flexibility index (Phi) is 3.48. The molecule has 3 rings (SSSR count). The van der Waals surface area contributed by atoms with Crippen molar-refractivity contribution in [2.75, 3.05) is 18.8 Å². The smallest absolute Gasteiger partial charge is 0.181 e. The van der Waals surface area contributed by atoms with Crippen molar-refractivity contribution >= 4 is 26.7 Å². The maximum Gasteiger partial charge on any atom is 0.181 e. The van der Waals surface area contributed by atoms with E-state index in [9.17, 15) is 0 Å². The van der Waals surface area contributed by atoms with Gasteiger partial charge in [-0.3, -0.25) is 0 Å². The average Bonchev–Trinajstić information content (AvgIpc) is 2.77. The first-order chi connectivity index (χ1) is 8.81. The topological polar surface area (TPSA) is 50.9 Å². The van der Waals surface area contributed by atoms with Gasteiger partial charge in [-0.2, -0.15) is 0 Å². The number of nitrogens with two attached hydrogens (primary N) is 1. The summed E-state index contributed by atoms with van der Waals surface area (Å²) in [6.07, 6.45) is 5.16. The largest absolute Gasteiger partial charge is 0.375 e. The first kappa shape index (κ1) is 11.9. The molecule has 0 amide bonds. The molecule has 18 heavy (non-hydrogen) atoms. The molecule has 1 fully saturated rings. The van der Waals surface area contributed by atoms with Gasteiger partial charge >= 0.3 is 0 Å². The van der Waals surface area contributed by atoms with E-state index in [0.717, 1.165) is 11.4 Å². The number of fused-ring (bicyclic) bond motifs is 1. The van der Waals surface area contributed by atoms with Crippen LogP contribution >= 0.6 is 11.3 Å². The van der Waals surface area contributed by atoms with Gasteiger partial charge in [-0.05, 0) is 62.4 Å². The Hall–Kier alpha value is -1.13. The number of rotatable bonds is 3. The Morgan fingerprint density at radius 2 is 2.39 bits per heavy atom. The van der Waals surface area contributed by atoms with Crippen LogP contribution in [0.5, 0.6) is 0 Å². The van der Waals surface area contributed by atoms with Crippen molar-refractivity contribution in [2.45, 2.75) is 25.7 Å². The van der Waals surface area contributed by atoms with Gasteiger partial charge in [0, 0.05) is 0 Å². The fraction of sp³-hybridized carbons (Fsp3) is 0.500. The number of aromatic nitrogens is 1. The zero-order chi connectivity index (χ0) is 12.4. The van der Waals surface area contributed by atoms with Gasteiger partial charge < -0.3 is 11.1 Å². The molecular formula is C14H19N3S. The summed E-state index contributed by atoms with van der Waals surface area (Å²) in [5, 5.41) is 4.14. The number of nitrogens with one attached hydrogen (secondary N) is 1. The van der Waals surface area contributed by atoms with E-state index in [1.165, 1.54) is 49.0 Å². The van der Waals surface area contributed by atoms with E-state index in [2.05, 4.69) is 28.5 Å². The molecule has 96 valence electrons. The fourth-order valence-corrected chi connectivity index (χ4v) is 3.48. The maximum atomic E-state index is 5.73. The van der Waals surface area contributed by atoms with Crippen LogP contribution in [0, 0.1) is 5.92 Å². The van der Waals surface area contributed by atoms with Gasteiger partial charge in [0.25, 0.3) is 0 Å². The van der Waals surface area contributed by atoms with Crippen molar-refractivity contribution in [3.05, 3.63) is 23.8 Å². The second-order valence-corrected chi connectivity index (χ2v) is 6.17. The van der Waals surface area contributed by atoms with Crippen LogP contribution in [0.25, 0.3) is 10.2 Å². The normalized spacial score (nSPS) is 20.3. The van der Waals surface area contributed by atoms with E-state index in [1.54, 1.807) is 11.3 Å². The number of anilines is 1. The minimum absolute atomic E-state index is 0.665. The van der Waals surface area contributed by atoms with Gasteiger partial charge in [0.05, 0.1) is 10.2 Å². The molecule has 3 nitrogen and oxygen atoms in total. The number of thiazole rings is 1. The molecule has 0 radical (unpaired) electrons. The van der Waals surface area contributed by atoms with E-state index < -0.39 is 0 Å². The lowest BCUT2D eigenvalue weighted by Crippen LogP contribution is -2.29. The minimum Gasteiger partial charge on any atom is -0.375 e. The lowest BCUT2D eigenvalue weighted by molar-refractivity contribution is 0.358. The number of benzene rings is 1. The first-order valence-corrected chi connectivity index (χ1v) is 7.48. The number of aryl methyl sites for hydroxylation is 1. The van der Waals surface area contributed by atoms with Crippen LogP contribution in [0.3, 0.4) is 0 Å². The van der Waals surface area contributed by atoms with E-state index in [0.29, 0.717) is 5.13 Å². The Morgan fingerprint density at radius 3 is 3.22 bits per heavy atom. The third kappa shape index (κ3) is 2.65. The Labute approximate surface area is 111 Å². The van der Waals surface area contributed by atoms with Crippen LogP contribution < -0.4 is 11.1 Å². The summed E-state index contributed by atoms with van der Waals surface area (Å²) >= 11 is 1.58. The third-order valence-corrected chi connectivity index (χ3v) is 4.56. The molecule has 0 spiro atoms. The summed E-state index contributed by atoms with van der Waals surface area (Å²) in [5.74, 6) is 0.848. The predicted octanol–water partition coefficient (Wildman–Crippen LogP) is 2.81. The molecule has 1 aromatic carbocycles. The minimum atomic E-state index is 0.665. The highest BCUT2D eigenvalue weighted by atomic mass is 32.1. The lowest BCUT2D eigenvalue weighted by Gasteiger charge is -2.22. The van der Waals surface area contributed by atoms with Crippen molar-refractivity contribution in [2.24, 2.45) is 5.92 Å². The highest BCUT2D eigenvalue weighted by molar-refractivity contribution is 7.22. The summed E-state index contributed by atoms with van der Waals surface area (Å²) in [6.45, 7) is 2.39. The molecule has 3 N–H and O–H groups in total. The summed E-state index contributed by atoms with van der Waals surface area (Å²) in [6, 6.07) is 6.54. The molecular weight excluding hydrogens is 242 g/mol. The van der Waals surface area contributed by atoms with Crippen molar-refractivity contribution in [3.63, 3.8) is 0 Å². The van der Waals surface area contributed by atoms with Crippen molar-refractivity contribution in [1.82, 2.24) is 10.3 Å². The lowest BCUT2D eigenvalue weighted by atomic mass is 9.93. The van der Waals surface area contributed by atoms with Gasteiger partial charge in [0.15, 0.2) is 5.13 Å². The highest BCUT2D eigenvalue weighted by Gasteiger charge is 2.12. The van der Waals surface area contributed by atoms with E-state index >= 15 is 0 Å². The van der Waals surface area contributed by atoms with E-state index in [1.807, 2.05) is 0 Å². The maximum absolute atomic E-state index is 5.73. The summed E-state index contributed by atoms with van der Waals surface area (Å²) in [5.41, 5.74) is 8.17. The molecule has 1 atom stereocenters. The van der Waals surface area contributed by atoms with Crippen molar-refractivity contribution < 1.29 is 0 Å². The fourth-order valence-electron chi connectivity index (χ4n) is 2.68. The predicted molar refractivity (Wildman–Crippen MR) is 77.9 cm³/mol. The van der Waals surface area contributed by atoms with Crippen LogP contribution in [0.4, 0.5) is 5.13 Å². The van der Waals surface area contributed by atoms with Crippen molar-refractivity contribution in [3.8, 4) is 0 Å². The average molecular weight is 261 g/mol. The first-order valence-electron chi connectivity index (χ1n) is 6.67. The molecule has 4 heteroatoms. The summed E-state index contributed by atoms with van der Waals surface area (Å²) < 4.78 is 1.21. The van der Waals surface area contributed by atoms with E-state index in [-0.39, 0.29) is 0 Å². The second kappa shape index (κ2) is 5.24. The number of hydrogen-bond donors (Lipinski definition) is 2. The van der Waals surface area contributed by atoms with Gasteiger partial charge in [-0.25, -0.2) is 4.98 Å². The van der Waals surface area contributed by atoms with Gasteiger partial charge in [0.2, 0.25) is 0 Å². The zero-order valence-corrected chi connectivity index (χ0v) is 11.3.